The lowest BCUT2D eigenvalue weighted by Crippen LogP contribution is -2.51. The molecule has 0 spiro atoms. The molecule has 130 valence electrons. The van der Waals surface area contributed by atoms with Gasteiger partial charge in [0.2, 0.25) is 10.0 Å². The maximum Gasteiger partial charge on any atom is 0.238 e. The van der Waals surface area contributed by atoms with Crippen LogP contribution in [0.25, 0.3) is 11.3 Å². The van der Waals surface area contributed by atoms with Gasteiger partial charge in [0.05, 0.1) is 23.4 Å². The Morgan fingerprint density at radius 1 is 1.17 bits per heavy atom. The van der Waals surface area contributed by atoms with E-state index in [4.69, 9.17) is 9.88 Å². The Bertz CT molecular complexity index is 821. The second kappa shape index (κ2) is 6.20. The first-order chi connectivity index (χ1) is 11.3. The molecule has 10 nitrogen and oxygen atoms in total. The molecule has 0 bridgehead atoms. The SMILES string of the molecule is NS(=O)(=O)c1ccc(-c2cnnn2[C@@H]2OC[C@@H](O)[C@@H](O)[C@@H]2O)cc1. The average molecular weight is 356 g/mol. The number of aromatic nitrogens is 3. The summed E-state index contributed by atoms with van der Waals surface area (Å²) < 4.78 is 29.2. The molecule has 1 aromatic carbocycles. The van der Waals surface area contributed by atoms with E-state index in [0.29, 0.717) is 11.3 Å². The molecule has 1 saturated heterocycles. The number of primary sulfonamides is 1. The molecular weight excluding hydrogens is 340 g/mol. The predicted molar refractivity (Wildman–Crippen MR) is 79.8 cm³/mol. The summed E-state index contributed by atoms with van der Waals surface area (Å²) in [5.74, 6) is 0. The van der Waals surface area contributed by atoms with Crippen LogP contribution in [0.4, 0.5) is 0 Å². The maximum atomic E-state index is 11.3. The number of benzene rings is 1. The Kier molecular flexibility index (Phi) is 4.38. The van der Waals surface area contributed by atoms with Crippen molar-refractivity contribution in [1.82, 2.24) is 15.0 Å². The number of aliphatic hydroxyl groups excluding tert-OH is 3. The minimum Gasteiger partial charge on any atom is -0.388 e. The minimum atomic E-state index is -3.80. The van der Waals surface area contributed by atoms with Gasteiger partial charge in [0.25, 0.3) is 0 Å². The molecule has 5 N–H and O–H groups in total. The smallest absolute Gasteiger partial charge is 0.238 e. The number of ether oxygens (including phenoxy) is 1. The zero-order valence-electron chi connectivity index (χ0n) is 12.3. The first-order valence-corrected chi connectivity index (χ1v) is 8.53. The van der Waals surface area contributed by atoms with Gasteiger partial charge in [-0.15, -0.1) is 5.10 Å². The van der Waals surface area contributed by atoms with E-state index in [2.05, 4.69) is 10.3 Å². The highest BCUT2D eigenvalue weighted by Crippen LogP contribution is 2.28. The van der Waals surface area contributed by atoms with Crippen LogP contribution < -0.4 is 5.14 Å². The summed E-state index contributed by atoms with van der Waals surface area (Å²) in [6.45, 7) is -0.174. The van der Waals surface area contributed by atoms with E-state index < -0.39 is 34.6 Å². The Labute approximate surface area is 137 Å². The van der Waals surface area contributed by atoms with Crippen LogP contribution in [-0.4, -0.2) is 63.7 Å². The number of aliphatic hydroxyl groups is 3. The summed E-state index contributed by atoms with van der Waals surface area (Å²) in [6.07, 6.45) is -3.63. The van der Waals surface area contributed by atoms with Crippen molar-refractivity contribution in [2.75, 3.05) is 6.61 Å². The molecule has 11 heteroatoms. The van der Waals surface area contributed by atoms with E-state index in [1.807, 2.05) is 0 Å². The number of sulfonamides is 1. The monoisotopic (exact) mass is 356 g/mol. The fraction of sp³-hybridized carbons (Fsp3) is 0.385. The molecule has 0 unspecified atom stereocenters. The van der Waals surface area contributed by atoms with Gasteiger partial charge in [0.15, 0.2) is 6.23 Å². The van der Waals surface area contributed by atoms with Gasteiger partial charge in [-0.3, -0.25) is 0 Å². The molecule has 2 aromatic rings. The lowest BCUT2D eigenvalue weighted by atomic mass is 10.0. The van der Waals surface area contributed by atoms with Gasteiger partial charge in [-0.05, 0) is 12.1 Å². The number of nitrogens with two attached hydrogens (primary N) is 1. The lowest BCUT2D eigenvalue weighted by molar-refractivity contribution is -0.213. The van der Waals surface area contributed by atoms with Gasteiger partial charge in [0, 0.05) is 5.56 Å². The van der Waals surface area contributed by atoms with Crippen LogP contribution in [0, 0.1) is 0 Å². The van der Waals surface area contributed by atoms with Crippen LogP contribution in [0.2, 0.25) is 0 Å². The van der Waals surface area contributed by atoms with Gasteiger partial charge in [0.1, 0.15) is 18.3 Å². The first-order valence-electron chi connectivity index (χ1n) is 6.98. The summed E-state index contributed by atoms with van der Waals surface area (Å²) in [7, 11) is -3.80. The van der Waals surface area contributed by atoms with Crippen molar-refractivity contribution in [3.63, 3.8) is 0 Å². The Morgan fingerprint density at radius 3 is 2.46 bits per heavy atom. The van der Waals surface area contributed by atoms with E-state index in [-0.39, 0.29) is 11.5 Å². The third-order valence-corrected chi connectivity index (χ3v) is 4.70. The summed E-state index contributed by atoms with van der Waals surface area (Å²) in [5.41, 5.74) is 0.993. The Balaban J connectivity index is 1.94. The molecule has 3 rings (SSSR count). The van der Waals surface area contributed by atoms with Crippen LogP contribution >= 0.6 is 0 Å². The summed E-state index contributed by atoms with van der Waals surface area (Å²) in [5, 5.41) is 42.0. The van der Waals surface area contributed by atoms with Crippen molar-refractivity contribution >= 4 is 10.0 Å². The van der Waals surface area contributed by atoms with Crippen LogP contribution in [0.5, 0.6) is 0 Å². The largest absolute Gasteiger partial charge is 0.388 e. The van der Waals surface area contributed by atoms with Crippen LogP contribution in [0.15, 0.2) is 35.4 Å². The Hall–Kier alpha value is -1.89. The van der Waals surface area contributed by atoms with Gasteiger partial charge in [-0.25, -0.2) is 18.2 Å². The molecule has 1 aliphatic heterocycles. The third-order valence-electron chi connectivity index (χ3n) is 3.77. The quantitative estimate of drug-likeness (QED) is 0.501. The van der Waals surface area contributed by atoms with Crippen molar-refractivity contribution in [2.45, 2.75) is 29.4 Å². The summed E-state index contributed by atoms with van der Waals surface area (Å²) in [6, 6.07) is 5.68. The van der Waals surface area contributed by atoms with Gasteiger partial charge in [-0.1, -0.05) is 17.3 Å². The highest BCUT2D eigenvalue weighted by molar-refractivity contribution is 7.89. The molecule has 0 saturated carbocycles. The highest BCUT2D eigenvalue weighted by Gasteiger charge is 2.39. The number of hydrogen-bond acceptors (Lipinski definition) is 8. The predicted octanol–water partition coefficient (Wildman–Crippen LogP) is -1.80. The van der Waals surface area contributed by atoms with Crippen LogP contribution in [-0.2, 0) is 14.8 Å². The van der Waals surface area contributed by atoms with E-state index in [1.54, 1.807) is 0 Å². The average Bonchev–Trinajstić information content (AvgIpc) is 3.01. The minimum absolute atomic E-state index is 0.0437. The first kappa shape index (κ1) is 17.0. The zero-order chi connectivity index (χ0) is 17.5. The summed E-state index contributed by atoms with van der Waals surface area (Å²) >= 11 is 0. The second-order valence-corrected chi connectivity index (χ2v) is 6.97. The van der Waals surface area contributed by atoms with Crippen LogP contribution in [0.3, 0.4) is 0 Å². The maximum absolute atomic E-state index is 11.3. The molecule has 1 aliphatic rings. The lowest BCUT2D eigenvalue weighted by Gasteiger charge is -2.35. The van der Waals surface area contributed by atoms with Crippen molar-refractivity contribution in [3.05, 3.63) is 30.5 Å². The van der Waals surface area contributed by atoms with E-state index in [1.165, 1.54) is 35.1 Å². The number of hydrogen-bond donors (Lipinski definition) is 4. The van der Waals surface area contributed by atoms with E-state index >= 15 is 0 Å². The van der Waals surface area contributed by atoms with Gasteiger partial charge < -0.3 is 20.1 Å². The van der Waals surface area contributed by atoms with Gasteiger partial charge >= 0.3 is 0 Å². The second-order valence-electron chi connectivity index (χ2n) is 5.41. The van der Waals surface area contributed by atoms with Crippen molar-refractivity contribution in [3.8, 4) is 11.3 Å². The van der Waals surface area contributed by atoms with Gasteiger partial charge in [-0.2, -0.15) is 0 Å². The highest BCUT2D eigenvalue weighted by atomic mass is 32.2. The molecule has 0 aliphatic carbocycles. The van der Waals surface area contributed by atoms with Crippen LogP contribution in [0.1, 0.15) is 6.23 Å². The fourth-order valence-corrected chi connectivity index (χ4v) is 2.97. The van der Waals surface area contributed by atoms with Crippen molar-refractivity contribution in [2.24, 2.45) is 5.14 Å². The number of rotatable bonds is 3. The number of nitrogens with zero attached hydrogens (tertiary/aromatic N) is 3. The molecule has 0 radical (unpaired) electrons. The summed E-state index contributed by atoms with van der Waals surface area (Å²) in [4.78, 5) is -0.0437. The van der Waals surface area contributed by atoms with Crippen molar-refractivity contribution in [1.29, 1.82) is 0 Å². The molecular formula is C13H16N4O6S. The normalized spacial score (nSPS) is 28.0. The molecule has 24 heavy (non-hydrogen) atoms. The topological polar surface area (TPSA) is 161 Å². The molecule has 1 aromatic heterocycles. The zero-order valence-corrected chi connectivity index (χ0v) is 13.1. The van der Waals surface area contributed by atoms with E-state index in [9.17, 15) is 23.7 Å². The Morgan fingerprint density at radius 2 is 1.83 bits per heavy atom. The molecule has 4 atom stereocenters. The fourth-order valence-electron chi connectivity index (χ4n) is 2.46. The third kappa shape index (κ3) is 3.05. The van der Waals surface area contributed by atoms with Crippen molar-refractivity contribution < 1.29 is 28.5 Å². The van der Waals surface area contributed by atoms with E-state index in [0.717, 1.165) is 0 Å². The molecule has 2 heterocycles. The standard InChI is InChI=1S/C13H16N4O6S/c14-24(21,22)8-3-1-7(2-4-8)9-5-15-16-17(9)13-12(20)11(19)10(18)6-23-13/h1-5,10-13,18-20H,6H2,(H2,14,21,22)/t10-,11-,12+,13-/m1/s1. The molecule has 0 amide bonds. The molecule has 1 fully saturated rings.